The van der Waals surface area contributed by atoms with Crippen molar-refractivity contribution in [1.29, 1.82) is 0 Å². The predicted molar refractivity (Wildman–Crippen MR) is 76.0 cm³/mol. The molecule has 1 aromatic rings. The van der Waals surface area contributed by atoms with Crippen LogP contribution in [0.1, 0.15) is 19.8 Å². The van der Waals surface area contributed by atoms with Crippen molar-refractivity contribution in [3.63, 3.8) is 0 Å². The number of hydrogen-bond acceptors (Lipinski definition) is 4. The molecule has 0 radical (unpaired) electrons. The molecule has 112 valence electrons. The van der Waals surface area contributed by atoms with Gasteiger partial charge in [0.05, 0.1) is 17.5 Å². The van der Waals surface area contributed by atoms with Crippen LogP contribution in [0.15, 0.2) is 18.2 Å². The van der Waals surface area contributed by atoms with Crippen molar-refractivity contribution in [1.82, 2.24) is 5.32 Å². The molecule has 0 amide bonds. The van der Waals surface area contributed by atoms with E-state index >= 15 is 0 Å². The monoisotopic (exact) mass is 302 g/mol. The number of benzene rings is 1. The van der Waals surface area contributed by atoms with Crippen LogP contribution >= 0.6 is 0 Å². The lowest BCUT2D eigenvalue weighted by atomic mass is 10.2. The average Bonchev–Trinajstić information content (AvgIpc) is 2.43. The smallest absolute Gasteiger partial charge is 0.235 e. The highest BCUT2D eigenvalue weighted by atomic mass is 32.2. The molecular weight excluding hydrogens is 283 g/mol. The maximum atomic E-state index is 13.7. The minimum atomic E-state index is -3.48. The number of piperidine rings is 1. The van der Waals surface area contributed by atoms with Gasteiger partial charge in [0.25, 0.3) is 0 Å². The van der Waals surface area contributed by atoms with Gasteiger partial charge in [-0.05, 0) is 45.0 Å². The summed E-state index contributed by atoms with van der Waals surface area (Å²) in [6, 6.07) is 4.08. The van der Waals surface area contributed by atoms with Gasteiger partial charge in [0.1, 0.15) is 0 Å². The van der Waals surface area contributed by atoms with Crippen molar-refractivity contribution in [3.8, 4) is 5.75 Å². The molecular formula is C13H19FN2O3S. The van der Waals surface area contributed by atoms with Crippen LogP contribution in [0.5, 0.6) is 5.75 Å². The van der Waals surface area contributed by atoms with Gasteiger partial charge in [0.15, 0.2) is 11.6 Å². The van der Waals surface area contributed by atoms with E-state index in [1.54, 1.807) is 6.92 Å². The summed E-state index contributed by atoms with van der Waals surface area (Å²) in [5.74, 6) is -0.449. The van der Waals surface area contributed by atoms with E-state index in [9.17, 15) is 12.8 Å². The predicted octanol–water partition coefficient (Wildman–Crippen LogP) is 1.72. The number of sulfonamides is 1. The summed E-state index contributed by atoms with van der Waals surface area (Å²) in [6.45, 7) is 3.48. The van der Waals surface area contributed by atoms with Gasteiger partial charge in [-0.15, -0.1) is 0 Å². The lowest BCUT2D eigenvalue weighted by Crippen LogP contribution is -2.38. The quantitative estimate of drug-likeness (QED) is 0.869. The Bertz CT molecular complexity index is 557. The van der Waals surface area contributed by atoms with Crippen LogP contribution in [0.4, 0.5) is 10.1 Å². The molecule has 1 aliphatic heterocycles. The van der Waals surface area contributed by atoms with Crippen LogP contribution in [0.3, 0.4) is 0 Å². The highest BCUT2D eigenvalue weighted by Gasteiger charge is 2.27. The van der Waals surface area contributed by atoms with Crippen LogP contribution in [0.25, 0.3) is 0 Å². The Hall–Kier alpha value is -1.34. The summed E-state index contributed by atoms with van der Waals surface area (Å²) >= 11 is 0. The maximum absolute atomic E-state index is 13.7. The fraction of sp³-hybridized carbons (Fsp3) is 0.538. The fourth-order valence-electron chi connectivity index (χ4n) is 2.19. The van der Waals surface area contributed by atoms with Crippen LogP contribution < -0.4 is 14.8 Å². The second kappa shape index (κ2) is 6.41. The first-order chi connectivity index (χ1) is 9.53. The number of hydrogen-bond donors (Lipinski definition) is 2. The molecule has 0 aliphatic carbocycles. The molecule has 1 aliphatic rings. The van der Waals surface area contributed by atoms with Gasteiger partial charge in [-0.3, -0.25) is 4.72 Å². The molecule has 0 atom stereocenters. The normalized spacial score (nSPS) is 16.9. The fourth-order valence-corrected chi connectivity index (χ4v) is 3.67. The highest BCUT2D eigenvalue weighted by Crippen LogP contribution is 2.23. The zero-order valence-corrected chi connectivity index (χ0v) is 12.2. The third kappa shape index (κ3) is 3.61. The first kappa shape index (κ1) is 15.1. The van der Waals surface area contributed by atoms with E-state index in [0.29, 0.717) is 32.5 Å². The lowest BCUT2D eigenvalue weighted by molar-refractivity contribution is 0.321. The van der Waals surface area contributed by atoms with Crippen LogP contribution in [0, 0.1) is 5.82 Å². The molecule has 20 heavy (non-hydrogen) atoms. The van der Waals surface area contributed by atoms with Crippen molar-refractivity contribution < 1.29 is 17.5 Å². The number of ether oxygens (including phenoxy) is 1. The Morgan fingerprint density at radius 1 is 1.40 bits per heavy atom. The number of nitrogens with one attached hydrogen (secondary N) is 2. The SMILES string of the molecule is CCOc1ccc(NS(=O)(=O)C2CCNCC2)cc1F. The molecule has 0 bridgehead atoms. The third-order valence-electron chi connectivity index (χ3n) is 3.22. The second-order valence-corrected chi connectivity index (χ2v) is 6.64. The van der Waals surface area contributed by atoms with Gasteiger partial charge in [0, 0.05) is 6.07 Å². The minimum absolute atomic E-state index is 0.123. The zero-order chi connectivity index (χ0) is 14.6. The summed E-state index contributed by atoms with van der Waals surface area (Å²) in [4.78, 5) is 0. The summed E-state index contributed by atoms with van der Waals surface area (Å²) in [7, 11) is -3.48. The Kier molecular flexibility index (Phi) is 4.82. The molecule has 7 heteroatoms. The standard InChI is InChI=1S/C13H19FN2O3S/c1-2-19-13-4-3-10(9-12(13)14)16-20(17,18)11-5-7-15-8-6-11/h3-4,9,11,15-16H,2,5-8H2,1H3. The molecule has 1 fully saturated rings. The molecule has 0 spiro atoms. The van der Waals surface area contributed by atoms with E-state index in [0.717, 1.165) is 6.07 Å². The Morgan fingerprint density at radius 2 is 2.10 bits per heavy atom. The van der Waals surface area contributed by atoms with Gasteiger partial charge >= 0.3 is 0 Å². The molecule has 0 unspecified atom stereocenters. The van der Waals surface area contributed by atoms with E-state index in [1.165, 1.54) is 12.1 Å². The highest BCUT2D eigenvalue weighted by molar-refractivity contribution is 7.93. The Morgan fingerprint density at radius 3 is 2.70 bits per heavy atom. The minimum Gasteiger partial charge on any atom is -0.491 e. The molecule has 1 heterocycles. The maximum Gasteiger partial charge on any atom is 0.235 e. The van der Waals surface area contributed by atoms with E-state index < -0.39 is 21.1 Å². The molecule has 2 N–H and O–H groups in total. The van der Waals surface area contributed by atoms with Crippen LogP contribution in [0.2, 0.25) is 0 Å². The van der Waals surface area contributed by atoms with Crippen molar-refractivity contribution in [2.75, 3.05) is 24.4 Å². The number of rotatable bonds is 5. The van der Waals surface area contributed by atoms with Crippen molar-refractivity contribution in [2.24, 2.45) is 0 Å². The second-order valence-electron chi connectivity index (χ2n) is 4.67. The lowest BCUT2D eigenvalue weighted by Gasteiger charge is -2.23. The Labute approximate surface area is 118 Å². The van der Waals surface area contributed by atoms with E-state index in [1.807, 2.05) is 0 Å². The van der Waals surface area contributed by atoms with Gasteiger partial charge in [-0.2, -0.15) is 0 Å². The largest absolute Gasteiger partial charge is 0.491 e. The van der Waals surface area contributed by atoms with Gasteiger partial charge < -0.3 is 10.1 Å². The first-order valence-corrected chi connectivity index (χ1v) is 8.22. The molecule has 0 saturated carbocycles. The Balaban J connectivity index is 2.10. The average molecular weight is 302 g/mol. The zero-order valence-electron chi connectivity index (χ0n) is 11.4. The van der Waals surface area contributed by atoms with E-state index in [4.69, 9.17) is 4.74 Å². The molecule has 1 aromatic carbocycles. The molecule has 1 saturated heterocycles. The number of anilines is 1. The van der Waals surface area contributed by atoms with Gasteiger partial charge in [-0.1, -0.05) is 0 Å². The summed E-state index contributed by atoms with van der Waals surface area (Å²) in [6.07, 6.45) is 1.13. The van der Waals surface area contributed by atoms with Gasteiger partial charge in [0.2, 0.25) is 10.0 Å². The van der Waals surface area contributed by atoms with E-state index in [2.05, 4.69) is 10.0 Å². The summed E-state index contributed by atoms with van der Waals surface area (Å²) in [5.41, 5.74) is 0.226. The van der Waals surface area contributed by atoms with Crippen molar-refractivity contribution in [3.05, 3.63) is 24.0 Å². The van der Waals surface area contributed by atoms with Crippen LogP contribution in [-0.4, -0.2) is 33.4 Å². The summed E-state index contributed by atoms with van der Waals surface area (Å²) in [5, 5.41) is 2.68. The van der Waals surface area contributed by atoms with Crippen molar-refractivity contribution >= 4 is 15.7 Å². The van der Waals surface area contributed by atoms with E-state index in [-0.39, 0.29) is 11.4 Å². The third-order valence-corrected chi connectivity index (χ3v) is 5.09. The molecule has 5 nitrogen and oxygen atoms in total. The molecule has 2 rings (SSSR count). The molecule has 0 aromatic heterocycles. The topological polar surface area (TPSA) is 67.4 Å². The number of halogens is 1. The van der Waals surface area contributed by atoms with Crippen LogP contribution in [-0.2, 0) is 10.0 Å². The van der Waals surface area contributed by atoms with Gasteiger partial charge in [-0.25, -0.2) is 12.8 Å². The first-order valence-electron chi connectivity index (χ1n) is 6.67. The van der Waals surface area contributed by atoms with Crippen molar-refractivity contribution in [2.45, 2.75) is 25.0 Å². The summed E-state index contributed by atoms with van der Waals surface area (Å²) < 4.78 is 45.6.